The molecule has 1 aliphatic heterocycles. The largest absolute Gasteiger partial charge is 0.493 e. The van der Waals surface area contributed by atoms with Crippen LogP contribution in [0.15, 0.2) is 87.5 Å². The SMILES string of the molecule is COc1cc2c(Oc3ccc(N=Cc4c(O)n(-c5ccccc5F)c(=O)[nH]c4=O)cc3)ccnc2cc1OCCCN1CCOCC1. The molecule has 0 aliphatic carbocycles. The number of ether oxygens (including phenoxy) is 4. The first kappa shape index (κ1) is 31.5. The second kappa shape index (κ2) is 14.3. The van der Waals surface area contributed by atoms with E-state index in [9.17, 15) is 19.1 Å². The normalized spacial score (nSPS) is 13.7. The molecule has 3 heterocycles. The molecular weight excluding hydrogens is 609 g/mol. The molecule has 0 unspecified atom stereocenters. The number of morpholine rings is 1. The van der Waals surface area contributed by atoms with Crippen molar-refractivity contribution in [1.82, 2.24) is 19.4 Å². The van der Waals surface area contributed by atoms with Crippen molar-refractivity contribution in [2.75, 3.05) is 46.6 Å². The van der Waals surface area contributed by atoms with Crippen LogP contribution in [0.4, 0.5) is 10.1 Å². The minimum atomic E-state index is -0.985. The number of pyridine rings is 1. The first-order valence-corrected chi connectivity index (χ1v) is 15.0. The molecule has 1 aliphatic rings. The molecule has 1 saturated heterocycles. The lowest BCUT2D eigenvalue weighted by Crippen LogP contribution is -2.37. The highest BCUT2D eigenvalue weighted by atomic mass is 19.1. The van der Waals surface area contributed by atoms with Crippen molar-refractivity contribution in [3.63, 3.8) is 0 Å². The Kier molecular flexibility index (Phi) is 9.55. The van der Waals surface area contributed by atoms with Gasteiger partial charge < -0.3 is 24.1 Å². The van der Waals surface area contributed by atoms with Crippen molar-refractivity contribution >= 4 is 22.8 Å². The fraction of sp³-hybridized carbons (Fsp3) is 0.235. The molecule has 1 fully saturated rings. The standard InChI is InChI=1S/C34H32FN5O7/c1-44-30-19-24-27(20-31(30)46-16-4-13-39-14-17-45-18-15-39)36-12-11-29(24)47-23-9-7-22(8-10-23)37-21-25-32(41)38-34(43)40(33(25)42)28-6-3-2-5-26(28)35/h2-3,5-12,19-21,42H,4,13-18H2,1H3,(H,38,41,43). The molecule has 3 aromatic carbocycles. The summed E-state index contributed by atoms with van der Waals surface area (Å²) in [6.45, 7) is 4.87. The molecule has 0 radical (unpaired) electrons. The van der Waals surface area contributed by atoms with Crippen molar-refractivity contribution < 1.29 is 28.4 Å². The zero-order chi connectivity index (χ0) is 32.8. The van der Waals surface area contributed by atoms with Crippen LogP contribution < -0.4 is 25.5 Å². The third-order valence-electron chi connectivity index (χ3n) is 7.59. The number of hydrogen-bond donors (Lipinski definition) is 2. The van der Waals surface area contributed by atoms with Gasteiger partial charge >= 0.3 is 5.69 Å². The number of hydrogen-bond acceptors (Lipinski definition) is 10. The molecule has 242 valence electrons. The van der Waals surface area contributed by atoms with Gasteiger partial charge in [0.1, 0.15) is 22.9 Å². The van der Waals surface area contributed by atoms with Gasteiger partial charge in [0.05, 0.1) is 43.8 Å². The quantitative estimate of drug-likeness (QED) is 0.157. The number of benzene rings is 3. The Morgan fingerprint density at radius 2 is 1.83 bits per heavy atom. The third kappa shape index (κ3) is 7.16. The van der Waals surface area contributed by atoms with Gasteiger partial charge in [0.2, 0.25) is 5.88 Å². The highest BCUT2D eigenvalue weighted by molar-refractivity contribution is 5.88. The molecule has 0 saturated carbocycles. The number of H-pyrrole nitrogens is 1. The van der Waals surface area contributed by atoms with E-state index in [1.165, 1.54) is 18.2 Å². The molecule has 5 aromatic rings. The number of aromatic amines is 1. The molecule has 6 rings (SSSR count). The lowest BCUT2D eigenvalue weighted by Gasteiger charge is -2.26. The van der Waals surface area contributed by atoms with Crippen molar-refractivity contribution in [2.45, 2.75) is 6.42 Å². The maximum Gasteiger partial charge on any atom is 0.335 e. The van der Waals surface area contributed by atoms with Crippen LogP contribution in [-0.2, 0) is 4.74 Å². The summed E-state index contributed by atoms with van der Waals surface area (Å²) in [5, 5.41) is 11.4. The second-order valence-electron chi connectivity index (χ2n) is 10.6. The first-order valence-electron chi connectivity index (χ1n) is 15.0. The second-order valence-corrected chi connectivity index (χ2v) is 10.6. The maximum atomic E-state index is 14.3. The van der Waals surface area contributed by atoms with Gasteiger partial charge in [0.25, 0.3) is 5.56 Å². The van der Waals surface area contributed by atoms with Crippen LogP contribution in [0.5, 0.6) is 28.9 Å². The zero-order valence-corrected chi connectivity index (χ0v) is 25.5. The van der Waals surface area contributed by atoms with Gasteiger partial charge in [-0.3, -0.25) is 24.7 Å². The summed E-state index contributed by atoms with van der Waals surface area (Å²) >= 11 is 0. The average molecular weight is 642 g/mol. The van der Waals surface area contributed by atoms with Crippen LogP contribution in [-0.4, -0.2) is 77.3 Å². The van der Waals surface area contributed by atoms with Crippen LogP contribution in [0, 0.1) is 5.82 Å². The minimum absolute atomic E-state index is 0.216. The number of aromatic hydroxyl groups is 1. The van der Waals surface area contributed by atoms with E-state index in [0.29, 0.717) is 45.4 Å². The Morgan fingerprint density at radius 3 is 2.60 bits per heavy atom. The predicted molar refractivity (Wildman–Crippen MR) is 174 cm³/mol. The fourth-order valence-corrected chi connectivity index (χ4v) is 5.16. The fourth-order valence-electron chi connectivity index (χ4n) is 5.16. The van der Waals surface area contributed by atoms with Gasteiger partial charge in [-0.25, -0.2) is 13.8 Å². The topological polar surface area (TPSA) is 140 Å². The lowest BCUT2D eigenvalue weighted by atomic mass is 10.1. The molecular formula is C34H32FN5O7. The van der Waals surface area contributed by atoms with Crippen LogP contribution in [0.2, 0.25) is 0 Å². The monoisotopic (exact) mass is 641 g/mol. The van der Waals surface area contributed by atoms with Crippen molar-refractivity contribution in [1.29, 1.82) is 0 Å². The van der Waals surface area contributed by atoms with E-state index in [4.69, 9.17) is 18.9 Å². The van der Waals surface area contributed by atoms with Gasteiger partial charge in [-0.1, -0.05) is 12.1 Å². The molecule has 2 aromatic heterocycles. The van der Waals surface area contributed by atoms with E-state index in [1.54, 1.807) is 43.6 Å². The van der Waals surface area contributed by atoms with Crippen LogP contribution in [0.1, 0.15) is 12.0 Å². The number of nitrogens with one attached hydrogen (secondary N) is 1. The molecule has 0 atom stereocenters. The van der Waals surface area contributed by atoms with E-state index in [1.807, 2.05) is 12.1 Å². The van der Waals surface area contributed by atoms with E-state index in [-0.39, 0.29) is 11.3 Å². The third-order valence-corrected chi connectivity index (χ3v) is 7.59. The first-order chi connectivity index (χ1) is 22.9. The zero-order valence-electron chi connectivity index (χ0n) is 25.5. The van der Waals surface area contributed by atoms with Crippen LogP contribution in [0.3, 0.4) is 0 Å². The molecule has 0 amide bonds. The number of para-hydroxylation sites is 1. The molecule has 47 heavy (non-hydrogen) atoms. The molecule has 12 nitrogen and oxygen atoms in total. The van der Waals surface area contributed by atoms with E-state index < -0.39 is 22.9 Å². The number of fused-ring (bicyclic) bond motifs is 1. The Labute approximate surface area is 268 Å². The number of methoxy groups -OCH3 is 1. The lowest BCUT2D eigenvalue weighted by molar-refractivity contribution is 0.0357. The summed E-state index contributed by atoms with van der Waals surface area (Å²) in [6.07, 6.45) is 3.62. The van der Waals surface area contributed by atoms with Gasteiger partial charge in [0, 0.05) is 43.5 Å². The number of rotatable bonds is 11. The van der Waals surface area contributed by atoms with Gasteiger partial charge in [-0.05, 0) is 55.0 Å². The molecule has 13 heteroatoms. The Hall–Kier alpha value is -5.53. The number of aliphatic imine (C=N–C) groups is 1. The van der Waals surface area contributed by atoms with Crippen molar-refractivity contribution in [3.8, 4) is 34.6 Å². The highest BCUT2D eigenvalue weighted by Crippen LogP contribution is 2.37. The van der Waals surface area contributed by atoms with Crippen LogP contribution in [0.25, 0.3) is 16.6 Å². The number of nitrogens with zero attached hydrogens (tertiary/aromatic N) is 4. The molecule has 2 N–H and O–H groups in total. The summed E-state index contributed by atoms with van der Waals surface area (Å²) in [6, 6.07) is 17.5. The van der Waals surface area contributed by atoms with Gasteiger partial charge in [-0.2, -0.15) is 0 Å². The summed E-state index contributed by atoms with van der Waals surface area (Å²) in [5.74, 6) is 0.728. The Morgan fingerprint density at radius 1 is 1.04 bits per heavy atom. The summed E-state index contributed by atoms with van der Waals surface area (Å²) in [7, 11) is 1.58. The van der Waals surface area contributed by atoms with Crippen molar-refractivity contribution in [2.24, 2.45) is 4.99 Å². The molecule has 0 bridgehead atoms. The van der Waals surface area contributed by atoms with Crippen molar-refractivity contribution in [3.05, 3.63) is 105 Å². The van der Waals surface area contributed by atoms with Crippen LogP contribution >= 0.6 is 0 Å². The molecule has 0 spiro atoms. The minimum Gasteiger partial charge on any atom is -0.493 e. The average Bonchev–Trinajstić information content (AvgIpc) is 3.08. The summed E-state index contributed by atoms with van der Waals surface area (Å²) < 4.78 is 38.3. The van der Waals surface area contributed by atoms with E-state index in [2.05, 4.69) is 19.9 Å². The number of aromatic nitrogens is 3. The maximum absolute atomic E-state index is 14.3. The van der Waals surface area contributed by atoms with Gasteiger partial charge in [0.15, 0.2) is 11.5 Å². The predicted octanol–water partition coefficient (Wildman–Crippen LogP) is 4.57. The Bertz CT molecular complexity index is 2020. The number of halogens is 1. The van der Waals surface area contributed by atoms with E-state index >= 15 is 0 Å². The highest BCUT2D eigenvalue weighted by Gasteiger charge is 2.17. The summed E-state index contributed by atoms with van der Waals surface area (Å²) in [4.78, 5) is 38.0. The summed E-state index contributed by atoms with van der Waals surface area (Å²) in [5.41, 5.74) is -1.28. The Balaban J connectivity index is 1.16. The smallest absolute Gasteiger partial charge is 0.335 e. The van der Waals surface area contributed by atoms with Gasteiger partial charge in [-0.15, -0.1) is 0 Å². The van der Waals surface area contributed by atoms with E-state index in [0.717, 1.165) is 56.9 Å².